The molecule has 0 aromatic heterocycles. The van der Waals surface area contributed by atoms with E-state index in [1.54, 1.807) is 24.3 Å². The van der Waals surface area contributed by atoms with Crippen molar-refractivity contribution in [3.05, 3.63) is 57.8 Å². The van der Waals surface area contributed by atoms with Gasteiger partial charge in [0.1, 0.15) is 17.3 Å². The van der Waals surface area contributed by atoms with E-state index in [1.165, 1.54) is 12.1 Å². The molecule has 20 heavy (non-hydrogen) atoms. The van der Waals surface area contributed by atoms with Crippen LogP contribution in [-0.2, 0) is 6.54 Å². The van der Waals surface area contributed by atoms with E-state index >= 15 is 0 Å². The Bertz CT molecular complexity index is 604. The van der Waals surface area contributed by atoms with Gasteiger partial charge in [0.05, 0.1) is 5.02 Å². The lowest BCUT2D eigenvalue weighted by molar-refractivity contribution is 0.475. The zero-order valence-corrected chi connectivity index (χ0v) is 12.4. The molecule has 0 amide bonds. The minimum atomic E-state index is -0.347. The smallest absolute Gasteiger partial charge is 0.146 e. The first-order valence-corrected chi connectivity index (χ1v) is 6.97. The molecule has 0 saturated carbocycles. The van der Waals surface area contributed by atoms with E-state index in [-0.39, 0.29) is 5.82 Å². The van der Waals surface area contributed by atoms with Crippen LogP contribution in [0.5, 0.6) is 11.5 Å². The SMILES string of the molecule is CCNCc1cc(F)cc(Oc2ccc(Cl)cc2Cl)c1. The Morgan fingerprint density at radius 3 is 2.65 bits per heavy atom. The molecule has 0 unspecified atom stereocenters. The van der Waals surface area contributed by atoms with Crippen LogP contribution in [0, 0.1) is 5.82 Å². The van der Waals surface area contributed by atoms with E-state index in [9.17, 15) is 4.39 Å². The summed E-state index contributed by atoms with van der Waals surface area (Å²) in [7, 11) is 0. The third kappa shape index (κ3) is 4.10. The van der Waals surface area contributed by atoms with Crippen LogP contribution in [0.1, 0.15) is 12.5 Å². The number of nitrogens with one attached hydrogen (secondary N) is 1. The summed E-state index contributed by atoms with van der Waals surface area (Å²) in [5.74, 6) is 0.499. The van der Waals surface area contributed by atoms with Gasteiger partial charge in [-0.1, -0.05) is 30.1 Å². The monoisotopic (exact) mass is 313 g/mol. The molecule has 0 radical (unpaired) electrons. The van der Waals surface area contributed by atoms with Crippen molar-refractivity contribution < 1.29 is 9.13 Å². The van der Waals surface area contributed by atoms with Crippen molar-refractivity contribution >= 4 is 23.2 Å². The van der Waals surface area contributed by atoms with Crippen molar-refractivity contribution in [3.63, 3.8) is 0 Å². The molecular formula is C15H14Cl2FNO. The molecule has 1 N–H and O–H groups in total. The Hall–Kier alpha value is -1.29. The Morgan fingerprint density at radius 1 is 1.15 bits per heavy atom. The largest absolute Gasteiger partial charge is 0.456 e. The molecule has 2 nitrogen and oxygen atoms in total. The van der Waals surface area contributed by atoms with Gasteiger partial charge in [0.2, 0.25) is 0 Å². The number of benzene rings is 2. The predicted octanol–water partition coefficient (Wildman–Crippen LogP) is 5.03. The molecule has 0 heterocycles. The summed E-state index contributed by atoms with van der Waals surface area (Å²) in [5.41, 5.74) is 0.812. The molecule has 5 heteroatoms. The lowest BCUT2D eigenvalue weighted by Crippen LogP contribution is -2.11. The fraction of sp³-hybridized carbons (Fsp3) is 0.200. The number of hydrogen-bond acceptors (Lipinski definition) is 2. The van der Waals surface area contributed by atoms with Crippen molar-refractivity contribution in [1.82, 2.24) is 5.32 Å². The van der Waals surface area contributed by atoms with Gasteiger partial charge in [0.15, 0.2) is 0 Å². The highest BCUT2D eigenvalue weighted by Crippen LogP contribution is 2.32. The molecule has 0 fully saturated rings. The molecule has 2 aromatic carbocycles. The highest BCUT2D eigenvalue weighted by Gasteiger charge is 2.07. The Balaban J connectivity index is 2.21. The summed E-state index contributed by atoms with van der Waals surface area (Å²) in [6.45, 7) is 3.39. The van der Waals surface area contributed by atoms with Crippen LogP contribution in [0.2, 0.25) is 10.0 Å². The highest BCUT2D eigenvalue weighted by atomic mass is 35.5. The van der Waals surface area contributed by atoms with Crippen molar-refractivity contribution in [2.24, 2.45) is 0 Å². The third-order valence-corrected chi connectivity index (χ3v) is 3.16. The summed E-state index contributed by atoms with van der Waals surface area (Å²) in [4.78, 5) is 0. The molecule has 0 spiro atoms. The Morgan fingerprint density at radius 2 is 1.95 bits per heavy atom. The maximum absolute atomic E-state index is 13.6. The standard InChI is InChI=1S/C15H14Cl2FNO/c1-2-19-9-10-5-12(18)8-13(6-10)20-15-4-3-11(16)7-14(15)17/h3-8,19H,2,9H2,1H3. The van der Waals surface area contributed by atoms with Gasteiger partial charge >= 0.3 is 0 Å². The topological polar surface area (TPSA) is 21.3 Å². The minimum Gasteiger partial charge on any atom is -0.456 e. The molecular weight excluding hydrogens is 300 g/mol. The first-order chi connectivity index (χ1) is 9.58. The van der Waals surface area contributed by atoms with Crippen molar-refractivity contribution in [1.29, 1.82) is 0 Å². The maximum Gasteiger partial charge on any atom is 0.146 e. The quantitative estimate of drug-likeness (QED) is 0.835. The summed E-state index contributed by atoms with van der Waals surface area (Å²) >= 11 is 11.8. The maximum atomic E-state index is 13.6. The van der Waals surface area contributed by atoms with Crippen LogP contribution in [0.4, 0.5) is 4.39 Å². The van der Waals surface area contributed by atoms with Gasteiger partial charge in [-0.25, -0.2) is 4.39 Å². The van der Waals surface area contributed by atoms with E-state index in [0.717, 1.165) is 12.1 Å². The van der Waals surface area contributed by atoms with Gasteiger partial charge in [-0.05, 0) is 42.4 Å². The van der Waals surface area contributed by atoms with Crippen LogP contribution in [0.25, 0.3) is 0 Å². The molecule has 0 aliphatic carbocycles. The van der Waals surface area contributed by atoms with Gasteiger partial charge < -0.3 is 10.1 Å². The van der Waals surface area contributed by atoms with Crippen LogP contribution < -0.4 is 10.1 Å². The fourth-order valence-electron chi connectivity index (χ4n) is 1.74. The Kier molecular flexibility index (Phi) is 5.24. The predicted molar refractivity (Wildman–Crippen MR) is 80.3 cm³/mol. The molecule has 2 rings (SSSR count). The number of hydrogen-bond donors (Lipinski definition) is 1. The van der Waals surface area contributed by atoms with Crippen LogP contribution >= 0.6 is 23.2 Å². The highest BCUT2D eigenvalue weighted by molar-refractivity contribution is 6.35. The fourth-order valence-corrected chi connectivity index (χ4v) is 2.18. The van der Waals surface area contributed by atoms with Gasteiger partial charge in [-0.3, -0.25) is 0 Å². The number of rotatable bonds is 5. The second-order valence-electron chi connectivity index (χ2n) is 4.25. The lowest BCUT2D eigenvalue weighted by Gasteiger charge is -2.10. The number of ether oxygens (including phenoxy) is 1. The van der Waals surface area contributed by atoms with Gasteiger partial charge in [-0.2, -0.15) is 0 Å². The molecule has 2 aromatic rings. The van der Waals surface area contributed by atoms with Gasteiger partial charge in [-0.15, -0.1) is 0 Å². The van der Waals surface area contributed by atoms with E-state index in [1.807, 2.05) is 6.92 Å². The molecule has 0 saturated heterocycles. The minimum absolute atomic E-state index is 0.347. The van der Waals surface area contributed by atoms with Crippen LogP contribution in [0.3, 0.4) is 0 Å². The molecule has 0 aliphatic heterocycles. The molecule has 0 aliphatic rings. The van der Waals surface area contributed by atoms with E-state index in [2.05, 4.69) is 5.32 Å². The first-order valence-electron chi connectivity index (χ1n) is 6.21. The Labute approximate surface area is 127 Å². The average Bonchev–Trinajstić information content (AvgIpc) is 2.39. The molecule has 0 atom stereocenters. The van der Waals surface area contributed by atoms with Crippen molar-refractivity contribution in [2.45, 2.75) is 13.5 Å². The van der Waals surface area contributed by atoms with Gasteiger partial charge in [0, 0.05) is 17.6 Å². The van der Waals surface area contributed by atoms with E-state index < -0.39 is 0 Å². The van der Waals surface area contributed by atoms with Crippen LogP contribution in [0.15, 0.2) is 36.4 Å². The summed E-state index contributed by atoms with van der Waals surface area (Å²) in [6, 6.07) is 9.47. The lowest BCUT2D eigenvalue weighted by atomic mass is 10.2. The third-order valence-electron chi connectivity index (χ3n) is 2.63. The summed E-state index contributed by atoms with van der Waals surface area (Å²) < 4.78 is 19.2. The second-order valence-corrected chi connectivity index (χ2v) is 5.10. The van der Waals surface area contributed by atoms with E-state index in [0.29, 0.717) is 28.1 Å². The van der Waals surface area contributed by atoms with Crippen LogP contribution in [-0.4, -0.2) is 6.54 Å². The average molecular weight is 314 g/mol. The number of halogens is 3. The molecule has 106 valence electrons. The summed E-state index contributed by atoms with van der Waals surface area (Å²) in [5, 5.41) is 4.04. The van der Waals surface area contributed by atoms with Crippen molar-refractivity contribution in [2.75, 3.05) is 6.54 Å². The zero-order chi connectivity index (χ0) is 14.5. The van der Waals surface area contributed by atoms with Crippen molar-refractivity contribution in [3.8, 4) is 11.5 Å². The second kappa shape index (κ2) is 6.93. The van der Waals surface area contributed by atoms with E-state index in [4.69, 9.17) is 27.9 Å². The zero-order valence-electron chi connectivity index (χ0n) is 10.9. The molecule has 0 bridgehead atoms. The summed E-state index contributed by atoms with van der Waals surface area (Å²) in [6.07, 6.45) is 0. The first kappa shape index (κ1) is 15.1. The van der Waals surface area contributed by atoms with Gasteiger partial charge in [0.25, 0.3) is 0 Å². The normalized spacial score (nSPS) is 10.6.